The Balaban J connectivity index is 3.17. The van der Waals surface area contributed by atoms with Gasteiger partial charge in [0.05, 0.1) is 0 Å². The van der Waals surface area contributed by atoms with Gasteiger partial charge in [0, 0.05) is 33.1 Å². The molecule has 0 aromatic carbocycles. The molecule has 0 amide bonds. The lowest BCUT2D eigenvalue weighted by molar-refractivity contribution is -0.237. The lowest BCUT2D eigenvalue weighted by atomic mass is 9.99. The van der Waals surface area contributed by atoms with E-state index in [9.17, 15) is 19.2 Å². The third kappa shape index (κ3) is 6.00. The average molecular weight is 368 g/mol. The Morgan fingerprint density at radius 2 is 1.38 bits per heavy atom. The zero-order valence-electron chi connectivity index (χ0n) is 16.5. The predicted molar refractivity (Wildman–Crippen MR) is 80.9 cm³/mol. The Morgan fingerprint density at radius 3 is 1.92 bits per heavy atom. The molecule has 1 aliphatic rings. The summed E-state index contributed by atoms with van der Waals surface area (Å²) < 4.78 is 53.6. The molecule has 1 rings (SSSR count). The predicted octanol–water partition coefficient (Wildman–Crippen LogP) is -0.000700. The molecule has 0 aromatic rings. The van der Waals surface area contributed by atoms with E-state index in [-0.39, 0.29) is 0 Å². The van der Waals surface area contributed by atoms with Crippen molar-refractivity contribution in [2.45, 2.75) is 57.5 Å². The van der Waals surface area contributed by atoms with Gasteiger partial charge in [-0.2, -0.15) is 0 Å². The molecule has 1 saturated heterocycles. The molecule has 0 saturated carbocycles. The van der Waals surface area contributed by atoms with Gasteiger partial charge in [0.15, 0.2) is 18.3 Å². The Labute approximate surface area is 149 Å². The van der Waals surface area contributed by atoms with Crippen LogP contribution < -0.4 is 0 Å². The molecule has 9 nitrogen and oxygen atoms in total. The zero-order chi connectivity index (χ0) is 21.3. The third-order valence-corrected chi connectivity index (χ3v) is 3.24. The van der Waals surface area contributed by atoms with Crippen LogP contribution in [0.15, 0.2) is 0 Å². The average Bonchev–Trinajstić information content (AvgIpc) is 2.69. The van der Waals surface area contributed by atoms with Crippen molar-refractivity contribution in [2.24, 2.45) is 0 Å². The molecule has 1 aliphatic heterocycles. The fraction of sp³-hybridized carbons (Fsp3) is 0.714. The summed E-state index contributed by atoms with van der Waals surface area (Å²) in [5, 5.41) is 0. The van der Waals surface area contributed by atoms with Gasteiger partial charge in [0.1, 0.15) is 18.1 Å². The molecular formula is C14H20O9S. The Hall–Kier alpha value is -1.81. The summed E-state index contributed by atoms with van der Waals surface area (Å²) in [6.45, 7) is -3.49. The molecule has 0 aliphatic carbocycles. The maximum atomic E-state index is 11.7. The van der Waals surface area contributed by atoms with Crippen molar-refractivity contribution >= 4 is 36.5 Å². The molecule has 0 spiro atoms. The Bertz CT molecular complexity index is 579. The number of carbonyl (C=O) groups excluding carboxylic acids is 4. The topological polar surface area (TPSA) is 114 Å². The number of carbonyl (C=O) groups is 4. The fourth-order valence-electron chi connectivity index (χ4n) is 2.06. The van der Waals surface area contributed by atoms with E-state index in [0.29, 0.717) is 0 Å². The van der Waals surface area contributed by atoms with Crippen LogP contribution in [0.2, 0.25) is 0 Å². The van der Waals surface area contributed by atoms with Gasteiger partial charge in [0.25, 0.3) is 0 Å². The minimum absolute atomic E-state index is 0.501. The molecule has 0 radical (unpaired) electrons. The molecule has 0 bridgehead atoms. The van der Waals surface area contributed by atoms with Gasteiger partial charge in [-0.3, -0.25) is 19.2 Å². The molecule has 10 heteroatoms. The van der Waals surface area contributed by atoms with Crippen LogP contribution in [-0.2, 0) is 42.9 Å². The van der Waals surface area contributed by atoms with Crippen LogP contribution in [0, 0.1) is 0 Å². The minimum atomic E-state index is -1.49. The summed E-state index contributed by atoms with van der Waals surface area (Å²) in [5.41, 5.74) is -1.22. The molecule has 0 aromatic heterocycles. The van der Waals surface area contributed by atoms with Crippen molar-refractivity contribution in [3.05, 3.63) is 0 Å². The lowest BCUT2D eigenvalue weighted by Gasteiger charge is -2.42. The van der Waals surface area contributed by atoms with Gasteiger partial charge < -0.3 is 23.7 Å². The first kappa shape index (κ1) is 14.5. The van der Waals surface area contributed by atoms with Crippen LogP contribution in [0.25, 0.3) is 0 Å². The summed E-state index contributed by atoms with van der Waals surface area (Å²) in [6.07, 6.45) is -5.56. The highest BCUT2D eigenvalue weighted by molar-refractivity contribution is 7.80. The van der Waals surface area contributed by atoms with Crippen molar-refractivity contribution < 1.29 is 48.3 Å². The summed E-state index contributed by atoms with van der Waals surface area (Å²) in [4.78, 5) is 46.1. The first-order valence-corrected chi connectivity index (χ1v) is 7.03. The molecule has 24 heavy (non-hydrogen) atoms. The lowest BCUT2D eigenvalue weighted by Crippen LogP contribution is -2.61. The normalized spacial score (nSPS) is 31.5. The smallest absolute Gasteiger partial charge is 0.303 e. The number of hydrogen-bond donors (Lipinski definition) is 1. The molecule has 0 N–H and O–H groups in total. The van der Waals surface area contributed by atoms with Crippen LogP contribution in [0.5, 0.6) is 0 Å². The molecule has 1 heterocycles. The number of thiol groups is 1. The quantitative estimate of drug-likeness (QED) is 0.407. The van der Waals surface area contributed by atoms with E-state index in [1.54, 1.807) is 0 Å². The van der Waals surface area contributed by atoms with Crippen molar-refractivity contribution in [1.29, 1.82) is 0 Å². The van der Waals surface area contributed by atoms with Gasteiger partial charge in [-0.1, -0.05) is 0 Å². The molecule has 1 fully saturated rings. The standard InChI is InChI=1S/C14H20O9S/c1-6(15)19-5-10-11(20-7(2)16)12(21-8(3)17)13(14(24)23-10)22-9(4)18/h10-14,24H,5H2,1-4H3/t10-,11-,12+,13+,14?/m1/s1/i1D,2D,3D,4D. The second-order valence-corrected chi connectivity index (χ2v) is 5.12. The summed E-state index contributed by atoms with van der Waals surface area (Å²) in [7, 11) is 0. The minimum Gasteiger partial charge on any atom is -0.463 e. The van der Waals surface area contributed by atoms with Crippen LogP contribution in [0.4, 0.5) is 0 Å². The molecule has 136 valence electrons. The van der Waals surface area contributed by atoms with Gasteiger partial charge >= 0.3 is 23.9 Å². The number of hydrogen-bond acceptors (Lipinski definition) is 10. The SMILES string of the molecule is [2H]CC(=O)OC[C@H]1OC(S)[C@@H](OC(=O)C[2H])[C@@H](OC(=O)C[2H])[C@@H]1OC(=O)C[2H]. The van der Waals surface area contributed by atoms with E-state index in [2.05, 4.69) is 12.6 Å². The van der Waals surface area contributed by atoms with E-state index in [4.69, 9.17) is 29.2 Å². The van der Waals surface area contributed by atoms with Crippen molar-refractivity contribution in [1.82, 2.24) is 0 Å². The summed E-state index contributed by atoms with van der Waals surface area (Å²) >= 11 is 4.11. The van der Waals surface area contributed by atoms with Gasteiger partial charge in [-0.05, 0) is 0 Å². The largest absolute Gasteiger partial charge is 0.463 e. The van der Waals surface area contributed by atoms with E-state index in [0.717, 1.165) is 0 Å². The van der Waals surface area contributed by atoms with Crippen LogP contribution in [0.3, 0.4) is 0 Å². The van der Waals surface area contributed by atoms with Crippen molar-refractivity contribution in [3.8, 4) is 0 Å². The highest BCUT2D eigenvalue weighted by Gasteiger charge is 2.51. The van der Waals surface area contributed by atoms with E-state index in [1.165, 1.54) is 0 Å². The fourth-order valence-corrected chi connectivity index (χ4v) is 2.45. The molecule has 5 atom stereocenters. The van der Waals surface area contributed by atoms with E-state index in [1.807, 2.05) is 0 Å². The van der Waals surface area contributed by atoms with Crippen LogP contribution in [-0.4, -0.2) is 60.3 Å². The van der Waals surface area contributed by atoms with Gasteiger partial charge in [-0.25, -0.2) is 0 Å². The van der Waals surface area contributed by atoms with Gasteiger partial charge in [-0.15, -0.1) is 12.6 Å². The third-order valence-electron chi connectivity index (χ3n) is 2.82. The molecule has 1 unspecified atom stereocenters. The van der Waals surface area contributed by atoms with E-state index >= 15 is 0 Å². The number of rotatable bonds is 5. The monoisotopic (exact) mass is 368 g/mol. The maximum Gasteiger partial charge on any atom is 0.303 e. The van der Waals surface area contributed by atoms with Crippen LogP contribution in [0.1, 0.15) is 33.1 Å². The highest BCUT2D eigenvalue weighted by Crippen LogP contribution is 2.30. The zero-order valence-corrected chi connectivity index (χ0v) is 13.4. The number of esters is 4. The summed E-state index contributed by atoms with van der Waals surface area (Å²) in [6, 6.07) is 0. The Morgan fingerprint density at radius 1 is 0.875 bits per heavy atom. The second kappa shape index (κ2) is 8.88. The molecular weight excluding hydrogens is 344 g/mol. The first-order valence-electron chi connectivity index (χ1n) is 9.34. The Kier molecular flexibility index (Phi) is 5.37. The van der Waals surface area contributed by atoms with Crippen LogP contribution >= 0.6 is 12.6 Å². The van der Waals surface area contributed by atoms with E-state index < -0.39 is 87.9 Å². The maximum absolute atomic E-state index is 11.7. The number of ether oxygens (including phenoxy) is 5. The highest BCUT2D eigenvalue weighted by atomic mass is 32.1. The second-order valence-electron chi connectivity index (χ2n) is 4.61. The first-order chi connectivity index (χ1) is 13.3. The summed E-state index contributed by atoms with van der Waals surface area (Å²) in [5.74, 6) is -3.95. The van der Waals surface area contributed by atoms with Gasteiger partial charge in [0.2, 0.25) is 0 Å². The van der Waals surface area contributed by atoms with Crippen molar-refractivity contribution in [3.63, 3.8) is 0 Å². The van der Waals surface area contributed by atoms with Crippen molar-refractivity contribution in [2.75, 3.05) is 6.61 Å².